The molecule has 1 aliphatic rings. The number of nitrogens with one attached hydrogen (secondary N) is 1. The van der Waals surface area contributed by atoms with E-state index in [0.717, 1.165) is 0 Å². The van der Waals surface area contributed by atoms with Crippen LogP contribution in [0.2, 0.25) is 5.02 Å². The Morgan fingerprint density at radius 1 is 1.19 bits per heavy atom. The molecule has 1 aromatic heterocycles. The van der Waals surface area contributed by atoms with Gasteiger partial charge in [-0.1, -0.05) is 17.7 Å². The van der Waals surface area contributed by atoms with E-state index in [1.165, 1.54) is 11.3 Å². The highest BCUT2D eigenvalue weighted by atomic mass is 35.5. The van der Waals surface area contributed by atoms with E-state index in [1.54, 1.807) is 35.2 Å². The van der Waals surface area contributed by atoms with E-state index in [1.807, 2.05) is 5.38 Å². The van der Waals surface area contributed by atoms with Crippen molar-refractivity contribution in [3.05, 3.63) is 51.2 Å². The summed E-state index contributed by atoms with van der Waals surface area (Å²) in [6.07, 6.45) is 1.13. The van der Waals surface area contributed by atoms with E-state index < -0.39 is 0 Å². The zero-order chi connectivity index (χ0) is 18.7. The standard InChI is InChI=1S/C18H18ClN3O3S/c19-13-4-3-12(10-14(13)21-17(24)15-2-1-9-26-15)18(25)22-7-5-11(6-8-22)16(20)23/h1-4,9-11H,5-8H2,(H2,20,23)(H,21,24). The first-order valence-corrected chi connectivity index (χ1v) is 9.44. The number of carbonyl (C=O) groups is 3. The highest BCUT2D eigenvalue weighted by Gasteiger charge is 2.26. The van der Waals surface area contributed by atoms with Crippen molar-refractivity contribution in [3.63, 3.8) is 0 Å². The van der Waals surface area contributed by atoms with Crippen molar-refractivity contribution in [1.29, 1.82) is 0 Å². The molecular weight excluding hydrogens is 374 g/mol. The molecule has 2 aromatic rings. The number of hydrogen-bond donors (Lipinski definition) is 2. The second kappa shape index (κ2) is 7.88. The smallest absolute Gasteiger partial charge is 0.265 e. The molecule has 3 rings (SSSR count). The zero-order valence-electron chi connectivity index (χ0n) is 13.9. The number of likely N-dealkylation sites (tertiary alicyclic amines) is 1. The van der Waals surface area contributed by atoms with Crippen molar-refractivity contribution in [2.24, 2.45) is 11.7 Å². The number of hydrogen-bond acceptors (Lipinski definition) is 4. The van der Waals surface area contributed by atoms with Crippen molar-refractivity contribution >= 4 is 46.3 Å². The summed E-state index contributed by atoms with van der Waals surface area (Å²) >= 11 is 7.48. The fraction of sp³-hybridized carbons (Fsp3) is 0.278. The van der Waals surface area contributed by atoms with Gasteiger partial charge in [-0.05, 0) is 42.5 Å². The molecule has 3 amide bonds. The van der Waals surface area contributed by atoms with Crippen LogP contribution in [0.3, 0.4) is 0 Å². The third-order valence-corrected chi connectivity index (χ3v) is 5.59. The Morgan fingerprint density at radius 2 is 1.92 bits per heavy atom. The molecule has 0 radical (unpaired) electrons. The molecule has 1 saturated heterocycles. The molecule has 6 nitrogen and oxygen atoms in total. The molecule has 0 aliphatic carbocycles. The predicted molar refractivity (Wildman–Crippen MR) is 102 cm³/mol. The summed E-state index contributed by atoms with van der Waals surface area (Å²) in [4.78, 5) is 38.4. The van der Waals surface area contributed by atoms with Gasteiger partial charge in [0.2, 0.25) is 5.91 Å². The number of carbonyl (C=O) groups excluding carboxylic acids is 3. The van der Waals surface area contributed by atoms with Crippen LogP contribution < -0.4 is 11.1 Å². The Kier molecular flexibility index (Phi) is 5.58. The summed E-state index contributed by atoms with van der Waals surface area (Å²) in [5.74, 6) is -0.919. The lowest BCUT2D eigenvalue weighted by Gasteiger charge is -2.30. The summed E-state index contributed by atoms with van der Waals surface area (Å²) in [7, 11) is 0. The van der Waals surface area contributed by atoms with Crippen LogP contribution in [-0.4, -0.2) is 35.7 Å². The summed E-state index contributed by atoms with van der Waals surface area (Å²) in [6, 6.07) is 8.31. The van der Waals surface area contributed by atoms with Gasteiger partial charge in [0.1, 0.15) is 0 Å². The number of amides is 3. The van der Waals surface area contributed by atoms with E-state index in [9.17, 15) is 14.4 Å². The Labute approximate surface area is 159 Å². The molecule has 3 N–H and O–H groups in total. The molecule has 1 aromatic carbocycles. The van der Waals surface area contributed by atoms with Crippen LogP contribution in [0.25, 0.3) is 0 Å². The van der Waals surface area contributed by atoms with Crippen molar-refractivity contribution in [1.82, 2.24) is 4.90 Å². The number of piperidine rings is 1. The van der Waals surface area contributed by atoms with Gasteiger partial charge in [0.25, 0.3) is 11.8 Å². The van der Waals surface area contributed by atoms with Crippen molar-refractivity contribution < 1.29 is 14.4 Å². The van der Waals surface area contributed by atoms with Crippen molar-refractivity contribution in [2.45, 2.75) is 12.8 Å². The molecule has 2 heterocycles. The first kappa shape index (κ1) is 18.4. The quantitative estimate of drug-likeness (QED) is 0.839. The Bertz CT molecular complexity index is 830. The van der Waals surface area contributed by atoms with E-state index in [4.69, 9.17) is 17.3 Å². The molecule has 26 heavy (non-hydrogen) atoms. The predicted octanol–water partition coefficient (Wildman–Crippen LogP) is 2.99. The molecule has 1 aliphatic heterocycles. The Hall–Kier alpha value is -2.38. The highest BCUT2D eigenvalue weighted by molar-refractivity contribution is 7.12. The van der Waals surface area contributed by atoms with Gasteiger partial charge in [-0.3, -0.25) is 14.4 Å². The average Bonchev–Trinajstić information content (AvgIpc) is 3.18. The third-order valence-electron chi connectivity index (χ3n) is 4.39. The second-order valence-electron chi connectivity index (χ2n) is 6.09. The topological polar surface area (TPSA) is 92.5 Å². The lowest BCUT2D eigenvalue weighted by molar-refractivity contribution is -0.123. The molecule has 0 atom stereocenters. The minimum Gasteiger partial charge on any atom is -0.369 e. The van der Waals surface area contributed by atoms with Gasteiger partial charge < -0.3 is 16.0 Å². The molecule has 8 heteroatoms. The van der Waals surface area contributed by atoms with Gasteiger partial charge in [0, 0.05) is 24.6 Å². The van der Waals surface area contributed by atoms with Crippen LogP contribution in [0, 0.1) is 5.92 Å². The maximum atomic E-state index is 12.7. The fourth-order valence-electron chi connectivity index (χ4n) is 2.90. The van der Waals surface area contributed by atoms with E-state index in [0.29, 0.717) is 47.1 Å². The lowest BCUT2D eigenvalue weighted by atomic mass is 9.96. The molecule has 1 fully saturated rings. The van der Waals surface area contributed by atoms with Crippen LogP contribution >= 0.6 is 22.9 Å². The van der Waals surface area contributed by atoms with Crippen LogP contribution in [0.5, 0.6) is 0 Å². The number of benzene rings is 1. The molecule has 0 unspecified atom stereocenters. The second-order valence-corrected chi connectivity index (χ2v) is 7.45. The number of nitrogens with zero attached hydrogens (tertiary/aromatic N) is 1. The number of thiophene rings is 1. The van der Waals surface area contributed by atoms with Crippen molar-refractivity contribution in [2.75, 3.05) is 18.4 Å². The molecule has 136 valence electrons. The Balaban J connectivity index is 1.72. The summed E-state index contributed by atoms with van der Waals surface area (Å²) < 4.78 is 0. The van der Waals surface area contributed by atoms with Crippen LogP contribution in [0.4, 0.5) is 5.69 Å². The van der Waals surface area contributed by atoms with Gasteiger partial charge >= 0.3 is 0 Å². The van der Waals surface area contributed by atoms with Gasteiger partial charge in [0.15, 0.2) is 0 Å². The third kappa shape index (κ3) is 4.05. The normalized spacial score (nSPS) is 14.9. The first-order valence-electron chi connectivity index (χ1n) is 8.18. The van der Waals surface area contributed by atoms with Gasteiger partial charge in [-0.2, -0.15) is 0 Å². The Morgan fingerprint density at radius 3 is 2.54 bits per heavy atom. The summed E-state index contributed by atoms with van der Waals surface area (Å²) in [5.41, 5.74) is 6.16. The van der Waals surface area contributed by atoms with Crippen LogP contribution in [0.1, 0.15) is 32.9 Å². The molecule has 0 saturated carbocycles. The number of halogens is 1. The molecule has 0 bridgehead atoms. The van der Waals surface area contributed by atoms with Crippen LogP contribution in [0.15, 0.2) is 35.7 Å². The van der Waals surface area contributed by atoms with Crippen molar-refractivity contribution in [3.8, 4) is 0 Å². The highest BCUT2D eigenvalue weighted by Crippen LogP contribution is 2.26. The maximum absolute atomic E-state index is 12.7. The largest absolute Gasteiger partial charge is 0.369 e. The van der Waals surface area contributed by atoms with E-state index in [2.05, 4.69) is 5.32 Å². The zero-order valence-corrected chi connectivity index (χ0v) is 15.5. The van der Waals surface area contributed by atoms with E-state index in [-0.39, 0.29) is 23.6 Å². The minimum atomic E-state index is -0.317. The summed E-state index contributed by atoms with van der Waals surface area (Å²) in [5, 5.41) is 4.91. The van der Waals surface area contributed by atoms with Gasteiger partial charge in [-0.25, -0.2) is 0 Å². The number of nitrogens with two attached hydrogens (primary N) is 1. The van der Waals surface area contributed by atoms with Gasteiger partial charge in [-0.15, -0.1) is 11.3 Å². The monoisotopic (exact) mass is 391 g/mol. The number of primary amides is 1. The van der Waals surface area contributed by atoms with Gasteiger partial charge in [0.05, 0.1) is 15.6 Å². The lowest BCUT2D eigenvalue weighted by Crippen LogP contribution is -2.41. The average molecular weight is 392 g/mol. The van der Waals surface area contributed by atoms with E-state index >= 15 is 0 Å². The fourth-order valence-corrected chi connectivity index (χ4v) is 3.68. The number of anilines is 1. The first-order chi connectivity index (χ1) is 12.5. The summed E-state index contributed by atoms with van der Waals surface area (Å²) in [6.45, 7) is 0.956. The number of rotatable bonds is 4. The SMILES string of the molecule is NC(=O)C1CCN(C(=O)c2ccc(Cl)c(NC(=O)c3cccs3)c2)CC1. The maximum Gasteiger partial charge on any atom is 0.265 e. The van der Waals surface area contributed by atoms with Crippen LogP contribution in [-0.2, 0) is 4.79 Å². The molecule has 0 spiro atoms. The minimum absolute atomic E-state index is 0.156. The molecular formula is C18H18ClN3O3S.